The highest BCUT2D eigenvalue weighted by molar-refractivity contribution is 6.18. The molecule has 0 bridgehead atoms. The van der Waals surface area contributed by atoms with E-state index in [0.29, 0.717) is 0 Å². The average Bonchev–Trinajstić information content (AvgIpc) is 2.05. The van der Waals surface area contributed by atoms with Gasteiger partial charge in [0.25, 0.3) is 0 Å². The monoisotopic (exact) mass is 187 g/mol. The van der Waals surface area contributed by atoms with E-state index in [1.165, 1.54) is 0 Å². The van der Waals surface area contributed by atoms with Crippen molar-refractivity contribution >= 4 is 11.6 Å². The van der Waals surface area contributed by atoms with Crippen molar-refractivity contribution in [3.05, 3.63) is 34.4 Å². The largest absolute Gasteiger partial charge is 0.264 e. The van der Waals surface area contributed by atoms with Gasteiger partial charge in [-0.3, -0.25) is 10.1 Å². The molecule has 2 unspecified atom stereocenters. The van der Waals surface area contributed by atoms with Gasteiger partial charge in [-0.1, -0.05) is 18.2 Å². The predicted molar refractivity (Wildman–Crippen MR) is 47.9 cm³/mol. The fourth-order valence-corrected chi connectivity index (χ4v) is 1.59. The molecule has 66 valence electrons. The van der Waals surface area contributed by atoms with E-state index < -0.39 is 5.54 Å². The van der Waals surface area contributed by atoms with E-state index in [0.717, 1.165) is 0 Å². The van der Waals surface area contributed by atoms with Gasteiger partial charge in [0.1, 0.15) is 0 Å². The van der Waals surface area contributed by atoms with Gasteiger partial charge in [0, 0.05) is 17.7 Å². The molecule has 0 aromatic carbocycles. The van der Waals surface area contributed by atoms with Crippen molar-refractivity contribution < 1.29 is 4.92 Å². The second-order valence-corrected chi connectivity index (χ2v) is 3.30. The van der Waals surface area contributed by atoms with Crippen molar-refractivity contribution in [2.75, 3.05) is 5.88 Å². The molecule has 0 radical (unpaired) electrons. The second-order valence-electron chi connectivity index (χ2n) is 2.99. The minimum Gasteiger partial charge on any atom is -0.264 e. The van der Waals surface area contributed by atoms with Crippen LogP contribution in [0, 0.1) is 16.0 Å². The maximum atomic E-state index is 10.7. The number of allylic oxidation sites excluding steroid dienone is 2. The summed E-state index contributed by atoms with van der Waals surface area (Å²) in [7, 11) is 0. The molecule has 1 aliphatic carbocycles. The van der Waals surface area contributed by atoms with Crippen LogP contribution < -0.4 is 0 Å². The minimum atomic E-state index is -1.03. The molecule has 0 spiro atoms. The zero-order valence-corrected chi connectivity index (χ0v) is 7.49. The molecule has 1 rings (SSSR count). The maximum Gasteiger partial charge on any atom is 0.245 e. The van der Waals surface area contributed by atoms with E-state index in [2.05, 4.69) is 0 Å². The highest BCUT2D eigenvalue weighted by Gasteiger charge is 2.42. The molecule has 0 heterocycles. The summed E-state index contributed by atoms with van der Waals surface area (Å²) in [5.41, 5.74) is -1.03. The van der Waals surface area contributed by atoms with Crippen LogP contribution in [0.3, 0.4) is 0 Å². The Morgan fingerprint density at radius 3 is 2.75 bits per heavy atom. The van der Waals surface area contributed by atoms with Gasteiger partial charge in [-0.25, -0.2) is 0 Å². The van der Waals surface area contributed by atoms with E-state index in [-0.39, 0.29) is 16.7 Å². The zero-order chi connectivity index (χ0) is 9.19. The zero-order valence-electron chi connectivity index (χ0n) is 6.74. The summed E-state index contributed by atoms with van der Waals surface area (Å²) in [6.07, 6.45) is 6.83. The van der Waals surface area contributed by atoms with Gasteiger partial charge in [-0.2, -0.15) is 0 Å². The first-order chi connectivity index (χ1) is 5.61. The first-order valence-corrected chi connectivity index (χ1v) is 4.21. The van der Waals surface area contributed by atoms with Crippen LogP contribution in [0.4, 0.5) is 0 Å². The molecule has 0 amide bonds. The Bertz CT molecular complexity index is 249. The van der Waals surface area contributed by atoms with Gasteiger partial charge < -0.3 is 0 Å². The molecule has 0 fully saturated rings. The summed E-state index contributed by atoms with van der Waals surface area (Å²) in [6, 6.07) is 0. The number of hydrogen-bond donors (Lipinski definition) is 0. The SMILES string of the molecule is CC1([N+](=O)[O-])C=CC=CC1CCl. The molecule has 0 N–H and O–H groups in total. The minimum absolute atomic E-state index is 0.209. The van der Waals surface area contributed by atoms with Crippen molar-refractivity contribution in [1.29, 1.82) is 0 Å². The number of alkyl halides is 1. The van der Waals surface area contributed by atoms with Crippen molar-refractivity contribution in [2.24, 2.45) is 5.92 Å². The molecule has 0 aromatic heterocycles. The Hall–Kier alpha value is -0.830. The van der Waals surface area contributed by atoms with Gasteiger partial charge in [-0.05, 0) is 6.08 Å². The van der Waals surface area contributed by atoms with Crippen LogP contribution in [-0.2, 0) is 0 Å². The third-order valence-electron chi connectivity index (χ3n) is 2.20. The number of hydrogen-bond acceptors (Lipinski definition) is 2. The Labute approximate surface area is 75.9 Å². The number of nitro groups is 1. The smallest absolute Gasteiger partial charge is 0.245 e. The van der Waals surface area contributed by atoms with Crippen LogP contribution in [0.25, 0.3) is 0 Å². The molecule has 2 atom stereocenters. The van der Waals surface area contributed by atoms with Gasteiger partial charge in [-0.15, -0.1) is 11.6 Å². The summed E-state index contributed by atoms with van der Waals surface area (Å²) in [5, 5.41) is 10.7. The third kappa shape index (κ3) is 1.37. The summed E-state index contributed by atoms with van der Waals surface area (Å²) in [5.74, 6) is 0.0670. The maximum absolute atomic E-state index is 10.7. The molecule has 0 saturated carbocycles. The predicted octanol–water partition coefficient (Wildman–Crippen LogP) is 2.00. The second kappa shape index (κ2) is 3.27. The average molecular weight is 188 g/mol. The summed E-state index contributed by atoms with van der Waals surface area (Å²) in [4.78, 5) is 10.4. The molecular weight excluding hydrogens is 178 g/mol. The fourth-order valence-electron chi connectivity index (χ4n) is 1.17. The van der Waals surface area contributed by atoms with E-state index >= 15 is 0 Å². The normalized spacial score (nSPS) is 33.7. The van der Waals surface area contributed by atoms with Crippen LogP contribution in [-0.4, -0.2) is 16.3 Å². The lowest BCUT2D eigenvalue weighted by Crippen LogP contribution is -2.41. The van der Waals surface area contributed by atoms with Crippen molar-refractivity contribution in [1.82, 2.24) is 0 Å². The van der Waals surface area contributed by atoms with Crippen molar-refractivity contribution in [3.63, 3.8) is 0 Å². The molecule has 1 aliphatic rings. The van der Waals surface area contributed by atoms with E-state index in [9.17, 15) is 10.1 Å². The molecule has 0 aliphatic heterocycles. The lowest BCUT2D eigenvalue weighted by atomic mass is 9.84. The molecule has 4 heteroatoms. The topological polar surface area (TPSA) is 43.1 Å². The molecule has 0 aromatic rings. The van der Waals surface area contributed by atoms with Gasteiger partial charge >= 0.3 is 0 Å². The van der Waals surface area contributed by atoms with Gasteiger partial charge in [0.15, 0.2) is 0 Å². The summed E-state index contributed by atoms with van der Waals surface area (Å²) < 4.78 is 0. The Balaban J connectivity index is 2.94. The first-order valence-electron chi connectivity index (χ1n) is 3.67. The number of halogens is 1. The fraction of sp³-hybridized carbons (Fsp3) is 0.500. The Morgan fingerprint density at radius 1 is 1.67 bits per heavy atom. The van der Waals surface area contributed by atoms with Crippen LogP contribution in [0.15, 0.2) is 24.3 Å². The lowest BCUT2D eigenvalue weighted by molar-refractivity contribution is -0.557. The van der Waals surface area contributed by atoms with Crippen LogP contribution in [0.2, 0.25) is 0 Å². The van der Waals surface area contributed by atoms with E-state index in [4.69, 9.17) is 11.6 Å². The van der Waals surface area contributed by atoms with Gasteiger partial charge in [0.2, 0.25) is 5.54 Å². The standard InChI is InChI=1S/C8H10ClNO2/c1-8(10(11)12)5-3-2-4-7(8)6-9/h2-5,7H,6H2,1H3. The lowest BCUT2D eigenvalue weighted by Gasteiger charge is -2.25. The Kier molecular flexibility index (Phi) is 2.52. The summed E-state index contributed by atoms with van der Waals surface area (Å²) >= 11 is 5.62. The molecule has 12 heavy (non-hydrogen) atoms. The number of rotatable bonds is 2. The van der Waals surface area contributed by atoms with Crippen molar-refractivity contribution in [2.45, 2.75) is 12.5 Å². The van der Waals surface area contributed by atoms with E-state index in [1.807, 2.05) is 0 Å². The van der Waals surface area contributed by atoms with Gasteiger partial charge in [0.05, 0.1) is 5.92 Å². The van der Waals surface area contributed by atoms with Crippen LogP contribution >= 0.6 is 11.6 Å². The molecular formula is C8H10ClNO2. The molecule has 0 saturated heterocycles. The first kappa shape index (κ1) is 9.26. The highest BCUT2D eigenvalue weighted by Crippen LogP contribution is 2.28. The number of nitrogens with zero attached hydrogens (tertiary/aromatic N) is 1. The Morgan fingerprint density at radius 2 is 2.33 bits per heavy atom. The molecule has 3 nitrogen and oxygen atoms in total. The quantitative estimate of drug-likeness (QED) is 0.377. The third-order valence-corrected chi connectivity index (χ3v) is 2.53. The highest BCUT2D eigenvalue weighted by atomic mass is 35.5. The summed E-state index contributed by atoms with van der Waals surface area (Å²) in [6.45, 7) is 1.58. The van der Waals surface area contributed by atoms with Crippen LogP contribution in [0.1, 0.15) is 6.92 Å². The van der Waals surface area contributed by atoms with Crippen molar-refractivity contribution in [3.8, 4) is 0 Å². The van der Waals surface area contributed by atoms with E-state index in [1.54, 1.807) is 31.2 Å². The van der Waals surface area contributed by atoms with Crippen LogP contribution in [0.5, 0.6) is 0 Å².